The molecule has 16 nitrogen and oxygen atoms in total. The number of aliphatic carboxylic acids is 4. The minimum Gasteiger partial charge on any atom is -0.481 e. The van der Waals surface area contributed by atoms with Crippen molar-refractivity contribution < 1.29 is 59.1 Å². The Hall–Kier alpha value is -3.79. The van der Waals surface area contributed by atoms with Crippen molar-refractivity contribution in [1.82, 2.24) is 16.0 Å². The van der Waals surface area contributed by atoms with Crippen molar-refractivity contribution in [3.05, 3.63) is 0 Å². The Kier molecular flexibility index (Phi) is 12.0. The van der Waals surface area contributed by atoms with Crippen LogP contribution in [0.15, 0.2) is 0 Å². The van der Waals surface area contributed by atoms with Gasteiger partial charge in [-0.1, -0.05) is 0 Å². The molecule has 0 saturated carbocycles. The second-order valence-corrected chi connectivity index (χ2v) is 6.92. The van der Waals surface area contributed by atoms with Gasteiger partial charge in [0.15, 0.2) is 0 Å². The molecule has 5 atom stereocenters. The molecule has 0 spiro atoms. The third-order valence-corrected chi connectivity index (χ3v) is 4.07. The highest BCUT2D eigenvalue weighted by Gasteiger charge is 2.33. The Balaban J connectivity index is 5.53. The van der Waals surface area contributed by atoms with Gasteiger partial charge in [0, 0.05) is 6.42 Å². The van der Waals surface area contributed by atoms with Crippen molar-refractivity contribution in [3.8, 4) is 0 Å². The molecule has 33 heavy (non-hydrogen) atoms. The van der Waals surface area contributed by atoms with Crippen molar-refractivity contribution >= 4 is 41.6 Å². The second-order valence-electron chi connectivity index (χ2n) is 6.92. The number of carboxylic acid groups (broad SMARTS) is 4. The van der Waals surface area contributed by atoms with Gasteiger partial charge >= 0.3 is 23.9 Å². The van der Waals surface area contributed by atoms with E-state index in [1.807, 2.05) is 16.0 Å². The van der Waals surface area contributed by atoms with E-state index < -0.39 is 97.6 Å². The maximum Gasteiger partial charge on any atom is 0.326 e. The van der Waals surface area contributed by atoms with Gasteiger partial charge < -0.3 is 47.2 Å². The summed E-state index contributed by atoms with van der Waals surface area (Å²) < 4.78 is 0. The van der Waals surface area contributed by atoms with Gasteiger partial charge in [0.25, 0.3) is 0 Å². The van der Waals surface area contributed by atoms with Crippen LogP contribution in [0.4, 0.5) is 0 Å². The first-order valence-corrected chi connectivity index (χ1v) is 9.38. The van der Waals surface area contributed by atoms with Gasteiger partial charge in [-0.15, -0.1) is 0 Å². The maximum atomic E-state index is 12.5. The lowest BCUT2D eigenvalue weighted by atomic mass is 10.1. The number of hydrogen-bond acceptors (Lipinski definition) is 9. The standard InChI is InChI=1S/C17H26N4O12/c1-6(22)13(21-14(29)7(18)4-11(25)26)16(31)19-8(2-3-10(23)24)15(30)20-9(17(32)33)5-12(27)28/h6-9,13,22H,2-5,18H2,1H3,(H,19,31)(H,20,30)(H,21,29)(H,23,24)(H,25,26)(H,27,28)(H,32,33). The summed E-state index contributed by atoms with van der Waals surface area (Å²) >= 11 is 0. The summed E-state index contributed by atoms with van der Waals surface area (Å²) in [5.41, 5.74) is 5.38. The van der Waals surface area contributed by atoms with Crippen LogP contribution in [0, 0.1) is 0 Å². The van der Waals surface area contributed by atoms with Crippen LogP contribution in [-0.2, 0) is 33.6 Å². The lowest BCUT2D eigenvalue weighted by molar-refractivity contribution is -0.147. The molecule has 0 aromatic carbocycles. The number of carbonyl (C=O) groups is 7. The highest BCUT2D eigenvalue weighted by atomic mass is 16.4. The maximum absolute atomic E-state index is 12.5. The normalized spacial score (nSPS) is 15.1. The van der Waals surface area contributed by atoms with E-state index in [-0.39, 0.29) is 0 Å². The number of aliphatic hydroxyl groups excluding tert-OH is 1. The summed E-state index contributed by atoms with van der Waals surface area (Å²) in [5.74, 6) is -9.57. The number of nitrogens with two attached hydrogens (primary N) is 1. The molecule has 0 heterocycles. The number of nitrogens with one attached hydrogen (secondary N) is 3. The van der Waals surface area contributed by atoms with E-state index >= 15 is 0 Å². The van der Waals surface area contributed by atoms with Crippen molar-refractivity contribution in [1.29, 1.82) is 0 Å². The van der Waals surface area contributed by atoms with Gasteiger partial charge in [0.1, 0.15) is 18.1 Å². The summed E-state index contributed by atoms with van der Waals surface area (Å²) in [6.07, 6.45) is -4.58. The predicted molar refractivity (Wildman–Crippen MR) is 104 cm³/mol. The van der Waals surface area contributed by atoms with Crippen LogP contribution in [0.5, 0.6) is 0 Å². The van der Waals surface area contributed by atoms with E-state index in [0.29, 0.717) is 0 Å². The van der Waals surface area contributed by atoms with Crippen LogP contribution in [0.25, 0.3) is 0 Å². The third-order valence-electron chi connectivity index (χ3n) is 4.07. The zero-order valence-corrected chi connectivity index (χ0v) is 17.4. The predicted octanol–water partition coefficient (Wildman–Crippen LogP) is -3.95. The lowest BCUT2D eigenvalue weighted by Crippen LogP contribution is -2.60. The molecule has 186 valence electrons. The molecule has 0 aromatic rings. The lowest BCUT2D eigenvalue weighted by Gasteiger charge is -2.26. The van der Waals surface area contributed by atoms with E-state index in [0.717, 1.165) is 6.92 Å². The fraction of sp³-hybridized carbons (Fsp3) is 0.588. The smallest absolute Gasteiger partial charge is 0.326 e. The Morgan fingerprint density at radius 3 is 1.67 bits per heavy atom. The summed E-state index contributed by atoms with van der Waals surface area (Å²) in [6.45, 7) is 1.08. The van der Waals surface area contributed by atoms with Crippen LogP contribution < -0.4 is 21.7 Å². The van der Waals surface area contributed by atoms with Gasteiger partial charge in [0.05, 0.1) is 25.0 Å². The molecular weight excluding hydrogens is 452 g/mol. The van der Waals surface area contributed by atoms with E-state index in [4.69, 9.17) is 26.2 Å². The van der Waals surface area contributed by atoms with Gasteiger partial charge in [-0.25, -0.2) is 4.79 Å². The minimum atomic E-state index is -1.89. The molecular formula is C17H26N4O12. The van der Waals surface area contributed by atoms with Gasteiger partial charge in [-0.2, -0.15) is 0 Å². The Morgan fingerprint density at radius 2 is 1.24 bits per heavy atom. The topological polar surface area (TPSA) is 283 Å². The SMILES string of the molecule is CC(O)C(NC(=O)C(N)CC(=O)O)C(=O)NC(CCC(=O)O)C(=O)NC(CC(=O)O)C(=O)O. The van der Waals surface area contributed by atoms with Gasteiger partial charge in [0.2, 0.25) is 17.7 Å². The average Bonchev–Trinajstić information content (AvgIpc) is 2.66. The molecule has 16 heteroatoms. The average molecular weight is 478 g/mol. The zero-order chi connectivity index (χ0) is 25.9. The molecule has 0 aliphatic rings. The molecule has 0 radical (unpaired) electrons. The van der Waals surface area contributed by atoms with Gasteiger partial charge in [-0.05, 0) is 13.3 Å². The minimum absolute atomic E-state index is 0.550. The fourth-order valence-corrected chi connectivity index (χ4v) is 2.39. The van der Waals surface area contributed by atoms with Crippen molar-refractivity contribution in [2.45, 2.75) is 62.9 Å². The van der Waals surface area contributed by atoms with Crippen molar-refractivity contribution in [2.75, 3.05) is 0 Å². The zero-order valence-electron chi connectivity index (χ0n) is 17.4. The monoisotopic (exact) mass is 478 g/mol. The van der Waals surface area contributed by atoms with Gasteiger partial charge in [-0.3, -0.25) is 28.8 Å². The molecule has 0 aliphatic heterocycles. The molecule has 10 N–H and O–H groups in total. The largest absolute Gasteiger partial charge is 0.481 e. The summed E-state index contributed by atoms with van der Waals surface area (Å²) in [6, 6.07) is -6.89. The quantitative estimate of drug-likeness (QED) is 0.109. The number of rotatable bonds is 15. The Morgan fingerprint density at radius 1 is 0.727 bits per heavy atom. The first-order chi connectivity index (χ1) is 15.1. The third kappa shape index (κ3) is 11.4. The van der Waals surface area contributed by atoms with Crippen LogP contribution in [0.3, 0.4) is 0 Å². The molecule has 5 unspecified atom stereocenters. The summed E-state index contributed by atoms with van der Waals surface area (Å²) in [4.78, 5) is 80.4. The molecule has 0 rings (SSSR count). The first kappa shape index (κ1) is 29.2. The molecule has 0 fully saturated rings. The van der Waals surface area contributed by atoms with E-state index in [1.165, 1.54) is 0 Å². The summed E-state index contributed by atoms with van der Waals surface area (Å²) in [5, 5.41) is 51.0. The number of amides is 3. The van der Waals surface area contributed by atoms with Crippen LogP contribution in [0.1, 0.15) is 32.6 Å². The highest BCUT2D eigenvalue weighted by molar-refractivity contribution is 5.95. The van der Waals surface area contributed by atoms with E-state index in [9.17, 15) is 38.7 Å². The molecule has 0 aromatic heterocycles. The van der Waals surface area contributed by atoms with Crippen LogP contribution in [0.2, 0.25) is 0 Å². The molecule has 0 saturated heterocycles. The number of hydrogen-bond donors (Lipinski definition) is 9. The highest BCUT2D eigenvalue weighted by Crippen LogP contribution is 2.04. The summed E-state index contributed by atoms with van der Waals surface area (Å²) in [7, 11) is 0. The molecule has 0 bridgehead atoms. The van der Waals surface area contributed by atoms with E-state index in [1.54, 1.807) is 0 Å². The van der Waals surface area contributed by atoms with Crippen LogP contribution in [-0.4, -0.2) is 97.4 Å². The van der Waals surface area contributed by atoms with Crippen LogP contribution >= 0.6 is 0 Å². The second kappa shape index (κ2) is 13.6. The number of carbonyl (C=O) groups excluding carboxylic acids is 3. The van der Waals surface area contributed by atoms with Crippen molar-refractivity contribution in [2.24, 2.45) is 5.73 Å². The molecule has 3 amide bonds. The number of aliphatic hydroxyl groups is 1. The van der Waals surface area contributed by atoms with Crippen molar-refractivity contribution in [3.63, 3.8) is 0 Å². The first-order valence-electron chi connectivity index (χ1n) is 9.38. The Bertz CT molecular complexity index is 784. The fourth-order valence-electron chi connectivity index (χ4n) is 2.39. The van der Waals surface area contributed by atoms with E-state index in [2.05, 4.69) is 0 Å². The Labute approximate surface area is 186 Å². The number of carboxylic acids is 4. The molecule has 0 aliphatic carbocycles.